The van der Waals surface area contributed by atoms with E-state index in [4.69, 9.17) is 0 Å². The fourth-order valence-corrected chi connectivity index (χ4v) is 8.21. The molecule has 4 fully saturated rings. The molecule has 0 nitrogen and oxygen atoms in total. The van der Waals surface area contributed by atoms with Gasteiger partial charge in [-0.15, -0.1) is 0 Å². The first-order valence-corrected chi connectivity index (χ1v) is 14.1. The molecule has 4 aromatic rings. The lowest BCUT2D eigenvalue weighted by atomic mass is 9.42. The van der Waals surface area contributed by atoms with Gasteiger partial charge < -0.3 is 0 Å². The normalized spacial score (nSPS) is 26.6. The molecule has 184 valence electrons. The average molecular weight is 489 g/mol. The predicted octanol–water partition coefficient (Wildman–Crippen LogP) is 8.35. The maximum absolute atomic E-state index is 3.61. The summed E-state index contributed by atoms with van der Waals surface area (Å²) in [7, 11) is 0. The molecule has 3 unspecified atom stereocenters. The highest BCUT2D eigenvalue weighted by molar-refractivity contribution is 5.55. The van der Waals surface area contributed by atoms with E-state index in [1.165, 1.54) is 54.4 Å². The maximum atomic E-state index is 3.61. The van der Waals surface area contributed by atoms with Crippen molar-refractivity contribution in [2.45, 2.75) is 43.4 Å². The molecule has 0 saturated heterocycles. The summed E-state index contributed by atoms with van der Waals surface area (Å²) in [6.45, 7) is 0. The van der Waals surface area contributed by atoms with Crippen molar-refractivity contribution >= 4 is 0 Å². The third-order valence-corrected chi connectivity index (χ3v) is 9.30. The van der Waals surface area contributed by atoms with Crippen LogP contribution in [0.2, 0.25) is 0 Å². The van der Waals surface area contributed by atoms with Gasteiger partial charge in [0.15, 0.2) is 0 Å². The van der Waals surface area contributed by atoms with E-state index >= 15 is 0 Å². The Morgan fingerprint density at radius 2 is 1.03 bits per heavy atom. The van der Waals surface area contributed by atoms with Gasteiger partial charge in [0.05, 0.1) is 0 Å². The van der Waals surface area contributed by atoms with E-state index < -0.39 is 0 Å². The first-order valence-electron chi connectivity index (χ1n) is 14.1. The van der Waals surface area contributed by atoms with Crippen LogP contribution in [0.1, 0.15) is 71.4 Å². The van der Waals surface area contributed by atoms with E-state index in [1.54, 1.807) is 0 Å². The third-order valence-electron chi connectivity index (χ3n) is 9.30. The first-order chi connectivity index (χ1) is 18.8. The lowest BCUT2D eigenvalue weighted by Crippen LogP contribution is -2.54. The number of hydrogen-bond donors (Lipinski definition) is 0. The molecule has 0 aliphatic heterocycles. The monoisotopic (exact) mass is 488 g/mol. The van der Waals surface area contributed by atoms with Crippen LogP contribution in [0.15, 0.2) is 109 Å². The second-order valence-corrected chi connectivity index (χ2v) is 11.6. The molecule has 0 spiro atoms. The molecule has 4 aliphatic rings. The predicted molar refractivity (Wildman–Crippen MR) is 156 cm³/mol. The van der Waals surface area contributed by atoms with Gasteiger partial charge >= 0.3 is 0 Å². The zero-order valence-corrected chi connectivity index (χ0v) is 21.7. The lowest BCUT2D eigenvalue weighted by Gasteiger charge is -2.62. The van der Waals surface area contributed by atoms with E-state index in [0.717, 1.165) is 28.9 Å². The summed E-state index contributed by atoms with van der Waals surface area (Å²) in [4.78, 5) is 0. The average Bonchev–Trinajstić information content (AvgIpc) is 2.96. The SMILES string of the molecule is C(#Cc1ccccc1C1C2CC3CC(C2)CC1(c1ccccc1C#Cc1ccccc1)C3)c1ccccc1. The van der Waals surface area contributed by atoms with Crippen LogP contribution in [-0.4, -0.2) is 0 Å². The van der Waals surface area contributed by atoms with Crippen LogP contribution in [-0.2, 0) is 5.41 Å². The lowest BCUT2D eigenvalue weighted by molar-refractivity contribution is -0.0282. The Morgan fingerprint density at radius 1 is 0.500 bits per heavy atom. The second-order valence-electron chi connectivity index (χ2n) is 11.6. The molecule has 0 heterocycles. The van der Waals surface area contributed by atoms with Crippen LogP contribution < -0.4 is 0 Å². The largest absolute Gasteiger partial charge is 0.0622 e. The Balaban J connectivity index is 1.36. The van der Waals surface area contributed by atoms with E-state index in [2.05, 4.69) is 133 Å². The van der Waals surface area contributed by atoms with Crippen molar-refractivity contribution in [3.63, 3.8) is 0 Å². The summed E-state index contributed by atoms with van der Waals surface area (Å²) in [6, 6.07) is 38.8. The molecule has 0 N–H and O–H groups in total. The van der Waals surface area contributed by atoms with Crippen molar-refractivity contribution in [3.8, 4) is 23.7 Å². The minimum atomic E-state index is 0.126. The highest BCUT2D eigenvalue weighted by Crippen LogP contribution is 2.67. The van der Waals surface area contributed by atoms with Crippen LogP contribution >= 0.6 is 0 Å². The number of benzene rings is 4. The molecule has 0 radical (unpaired) electrons. The standard InChI is InChI=1S/C38H32/c1-3-11-28(12-4-1)19-21-32-15-7-9-17-35(32)37-34-24-30-23-31(25-34)27-38(37,26-30)36-18-10-8-16-33(36)22-20-29-13-5-2-6-14-29/h1-18,30-31,34,37H,23-27H2. The molecule has 4 aromatic carbocycles. The number of hydrogen-bond acceptors (Lipinski definition) is 0. The smallest absolute Gasteiger partial charge is 0.0286 e. The third kappa shape index (κ3) is 4.16. The van der Waals surface area contributed by atoms with E-state index in [-0.39, 0.29) is 5.41 Å². The van der Waals surface area contributed by atoms with Crippen molar-refractivity contribution < 1.29 is 0 Å². The summed E-state index contributed by atoms with van der Waals surface area (Å²) in [5, 5.41) is 0. The fourth-order valence-electron chi connectivity index (χ4n) is 8.21. The van der Waals surface area contributed by atoms with Crippen molar-refractivity contribution in [2.75, 3.05) is 0 Å². The van der Waals surface area contributed by atoms with Gasteiger partial charge in [0, 0.05) is 27.7 Å². The molecule has 4 saturated carbocycles. The van der Waals surface area contributed by atoms with E-state index in [9.17, 15) is 0 Å². The zero-order chi connectivity index (χ0) is 25.4. The highest BCUT2D eigenvalue weighted by atomic mass is 14.6. The first kappa shape index (κ1) is 23.1. The maximum Gasteiger partial charge on any atom is 0.0286 e. The minimum absolute atomic E-state index is 0.126. The van der Waals surface area contributed by atoms with Gasteiger partial charge in [-0.05, 0) is 103 Å². The Labute approximate surface area is 227 Å². The molecule has 8 rings (SSSR count). The van der Waals surface area contributed by atoms with Crippen LogP contribution in [0.3, 0.4) is 0 Å². The molecule has 38 heavy (non-hydrogen) atoms. The van der Waals surface area contributed by atoms with Gasteiger partial charge in [0.25, 0.3) is 0 Å². The van der Waals surface area contributed by atoms with Gasteiger partial charge in [-0.2, -0.15) is 0 Å². The molecule has 0 aromatic heterocycles. The van der Waals surface area contributed by atoms with Crippen molar-refractivity contribution in [3.05, 3.63) is 143 Å². The second kappa shape index (κ2) is 9.71. The van der Waals surface area contributed by atoms with E-state index in [0.29, 0.717) is 5.92 Å². The van der Waals surface area contributed by atoms with Crippen LogP contribution in [0, 0.1) is 41.4 Å². The molecule has 0 heteroatoms. The van der Waals surface area contributed by atoms with Gasteiger partial charge in [-0.1, -0.05) is 96.5 Å². The summed E-state index contributed by atoms with van der Waals surface area (Å²) < 4.78 is 0. The van der Waals surface area contributed by atoms with Gasteiger partial charge in [0.1, 0.15) is 0 Å². The van der Waals surface area contributed by atoms with Crippen molar-refractivity contribution in [1.82, 2.24) is 0 Å². The molecule has 0 amide bonds. The number of rotatable bonds is 2. The Morgan fingerprint density at radius 3 is 1.68 bits per heavy atom. The molecule has 4 aliphatic carbocycles. The summed E-state index contributed by atoms with van der Waals surface area (Å²) in [6.07, 6.45) is 6.69. The van der Waals surface area contributed by atoms with Gasteiger partial charge in [-0.25, -0.2) is 0 Å². The van der Waals surface area contributed by atoms with Gasteiger partial charge in [0.2, 0.25) is 0 Å². The molecular weight excluding hydrogens is 456 g/mol. The summed E-state index contributed by atoms with van der Waals surface area (Å²) in [5.41, 5.74) is 7.59. The minimum Gasteiger partial charge on any atom is -0.0622 e. The molecule has 3 atom stereocenters. The summed E-state index contributed by atoms with van der Waals surface area (Å²) >= 11 is 0. The van der Waals surface area contributed by atoms with Crippen molar-refractivity contribution in [2.24, 2.45) is 17.8 Å². The highest BCUT2D eigenvalue weighted by Gasteiger charge is 2.58. The molecule has 4 bridgehead atoms. The van der Waals surface area contributed by atoms with E-state index in [1.807, 2.05) is 0 Å². The fraction of sp³-hybridized carbons (Fsp3) is 0.263. The van der Waals surface area contributed by atoms with Crippen LogP contribution in [0.5, 0.6) is 0 Å². The van der Waals surface area contributed by atoms with Gasteiger partial charge in [-0.3, -0.25) is 0 Å². The zero-order valence-electron chi connectivity index (χ0n) is 21.7. The Bertz CT molecular complexity index is 1560. The topological polar surface area (TPSA) is 0 Å². The molecular formula is C38H32. The Hall–Kier alpha value is -4.00. The quantitative estimate of drug-likeness (QED) is 0.249. The van der Waals surface area contributed by atoms with Crippen LogP contribution in [0.4, 0.5) is 0 Å². The Kier molecular flexibility index (Phi) is 5.91. The summed E-state index contributed by atoms with van der Waals surface area (Å²) in [5.74, 6) is 17.0. The van der Waals surface area contributed by atoms with Crippen molar-refractivity contribution in [1.29, 1.82) is 0 Å². The van der Waals surface area contributed by atoms with Crippen LogP contribution in [0.25, 0.3) is 0 Å².